The van der Waals surface area contributed by atoms with Gasteiger partial charge in [-0.3, -0.25) is 19.2 Å². The molecule has 0 aliphatic heterocycles. The van der Waals surface area contributed by atoms with Crippen LogP contribution in [0, 0.1) is 28.6 Å². The van der Waals surface area contributed by atoms with Gasteiger partial charge in [-0.2, -0.15) is 0 Å². The van der Waals surface area contributed by atoms with Crippen LogP contribution in [0.5, 0.6) is 0 Å². The Balaban J connectivity index is 1.65. The van der Waals surface area contributed by atoms with Gasteiger partial charge in [0.25, 0.3) is 0 Å². The monoisotopic (exact) mass is 402 g/mol. The third kappa shape index (κ3) is 3.06. The second kappa shape index (κ2) is 6.78. The van der Waals surface area contributed by atoms with Crippen molar-refractivity contribution in [2.24, 2.45) is 28.6 Å². The zero-order valence-electron chi connectivity index (χ0n) is 17.7. The topological polar surface area (TPSA) is 86.7 Å². The Bertz CT molecular complexity index is 812. The SMILES string of the molecule is CC(=O)O[C@H]1CC[C@@]2(C)C(=CC(=O)[C@@H]3[C@@H]2CC[C@]2(C)C(=O)[C@H](OC(C)=O)C[C@@H]32)C1. The number of carbonyl (C=O) groups excluding carboxylic acids is 4. The summed E-state index contributed by atoms with van der Waals surface area (Å²) in [5.74, 6) is -0.803. The third-order valence-corrected chi connectivity index (χ3v) is 8.25. The lowest BCUT2D eigenvalue weighted by Gasteiger charge is -2.55. The van der Waals surface area contributed by atoms with Gasteiger partial charge < -0.3 is 9.47 Å². The van der Waals surface area contributed by atoms with E-state index in [1.807, 2.05) is 6.92 Å². The Labute approximate surface area is 171 Å². The molecule has 0 heterocycles. The number of carbonyl (C=O) groups is 4. The van der Waals surface area contributed by atoms with Crippen molar-refractivity contribution in [2.75, 3.05) is 0 Å². The maximum absolute atomic E-state index is 13.3. The molecule has 0 aromatic heterocycles. The average Bonchev–Trinajstić information content (AvgIpc) is 2.87. The van der Waals surface area contributed by atoms with E-state index in [1.165, 1.54) is 13.8 Å². The molecule has 3 fully saturated rings. The Morgan fingerprint density at radius 3 is 2.28 bits per heavy atom. The Kier molecular flexibility index (Phi) is 4.74. The molecule has 0 spiro atoms. The first kappa shape index (κ1) is 20.3. The highest BCUT2D eigenvalue weighted by molar-refractivity contribution is 5.98. The van der Waals surface area contributed by atoms with E-state index in [-0.39, 0.29) is 46.8 Å². The van der Waals surface area contributed by atoms with Gasteiger partial charge in [0.2, 0.25) is 0 Å². The smallest absolute Gasteiger partial charge is 0.303 e. The minimum Gasteiger partial charge on any atom is -0.462 e. The standard InChI is InChI=1S/C23H30O6/c1-12(24)28-15-5-7-22(3)14(9-15)10-18(26)20-16(22)6-8-23(4)17(20)11-19(21(23)27)29-13(2)25/h10,15-17,19-20H,5-9,11H2,1-4H3/t15-,16-,17-,19+,20+,22-,23-/m0/s1. The van der Waals surface area contributed by atoms with Crippen molar-refractivity contribution < 1.29 is 28.7 Å². The summed E-state index contributed by atoms with van der Waals surface area (Å²) < 4.78 is 10.7. The van der Waals surface area contributed by atoms with Crippen molar-refractivity contribution in [1.29, 1.82) is 0 Å². The number of allylic oxidation sites excluding steroid dienone is 1. The second-order valence-electron chi connectivity index (χ2n) is 9.86. The molecule has 4 aliphatic carbocycles. The van der Waals surface area contributed by atoms with Crippen LogP contribution in [0.3, 0.4) is 0 Å². The van der Waals surface area contributed by atoms with Gasteiger partial charge in [0.15, 0.2) is 17.7 Å². The molecule has 6 nitrogen and oxygen atoms in total. The Hall–Kier alpha value is -1.98. The molecule has 0 aromatic carbocycles. The summed E-state index contributed by atoms with van der Waals surface area (Å²) in [5.41, 5.74) is 0.373. The van der Waals surface area contributed by atoms with Gasteiger partial charge in [0, 0.05) is 31.6 Å². The first-order chi connectivity index (χ1) is 13.6. The highest BCUT2D eigenvalue weighted by atomic mass is 16.5. The predicted octanol–water partition coefficient (Wildman–Crippen LogP) is 3.17. The van der Waals surface area contributed by atoms with Gasteiger partial charge in [0.05, 0.1) is 0 Å². The minimum atomic E-state index is -0.730. The number of fused-ring (bicyclic) bond motifs is 5. The largest absolute Gasteiger partial charge is 0.462 e. The van der Waals surface area contributed by atoms with Gasteiger partial charge in [-0.15, -0.1) is 0 Å². The maximum atomic E-state index is 13.3. The zero-order valence-corrected chi connectivity index (χ0v) is 17.7. The van der Waals surface area contributed by atoms with Crippen molar-refractivity contribution >= 4 is 23.5 Å². The van der Waals surface area contributed by atoms with Crippen molar-refractivity contribution in [3.05, 3.63) is 11.6 Å². The summed E-state index contributed by atoms with van der Waals surface area (Å²) in [6, 6.07) is 0. The summed E-state index contributed by atoms with van der Waals surface area (Å²) in [7, 11) is 0. The van der Waals surface area contributed by atoms with Crippen LogP contribution in [-0.4, -0.2) is 35.7 Å². The molecule has 4 aliphatic rings. The van der Waals surface area contributed by atoms with Gasteiger partial charge in [-0.05, 0) is 55.4 Å². The van der Waals surface area contributed by atoms with Crippen LogP contribution in [0.4, 0.5) is 0 Å². The lowest BCUT2D eigenvalue weighted by molar-refractivity contribution is -0.154. The van der Waals surface area contributed by atoms with Crippen LogP contribution >= 0.6 is 0 Å². The number of ketones is 2. The van der Waals surface area contributed by atoms with E-state index in [9.17, 15) is 19.2 Å². The van der Waals surface area contributed by atoms with E-state index < -0.39 is 17.5 Å². The zero-order chi connectivity index (χ0) is 21.1. The first-order valence-corrected chi connectivity index (χ1v) is 10.7. The molecule has 0 unspecified atom stereocenters. The van der Waals surface area contributed by atoms with E-state index in [4.69, 9.17) is 9.47 Å². The van der Waals surface area contributed by atoms with Crippen LogP contribution in [0.1, 0.15) is 66.2 Å². The fourth-order valence-corrected chi connectivity index (χ4v) is 6.78. The van der Waals surface area contributed by atoms with E-state index in [0.29, 0.717) is 12.8 Å². The van der Waals surface area contributed by atoms with E-state index in [2.05, 4.69) is 6.92 Å². The van der Waals surface area contributed by atoms with Crippen molar-refractivity contribution in [2.45, 2.75) is 78.4 Å². The third-order valence-electron chi connectivity index (χ3n) is 8.25. The summed E-state index contributed by atoms with van der Waals surface area (Å²) in [4.78, 5) is 49.1. The highest BCUT2D eigenvalue weighted by Gasteiger charge is 2.64. The van der Waals surface area contributed by atoms with Crippen LogP contribution in [-0.2, 0) is 28.7 Å². The summed E-state index contributed by atoms with van der Waals surface area (Å²) in [6.45, 7) is 6.93. The Morgan fingerprint density at radius 1 is 0.966 bits per heavy atom. The van der Waals surface area contributed by atoms with Gasteiger partial charge >= 0.3 is 11.9 Å². The fourth-order valence-electron chi connectivity index (χ4n) is 6.78. The lowest BCUT2D eigenvalue weighted by atomic mass is 9.48. The molecule has 29 heavy (non-hydrogen) atoms. The molecule has 158 valence electrons. The number of hydrogen-bond donors (Lipinski definition) is 0. The van der Waals surface area contributed by atoms with Gasteiger partial charge in [-0.25, -0.2) is 0 Å². The van der Waals surface area contributed by atoms with Crippen LogP contribution < -0.4 is 0 Å². The van der Waals surface area contributed by atoms with Crippen molar-refractivity contribution in [3.8, 4) is 0 Å². The van der Waals surface area contributed by atoms with E-state index >= 15 is 0 Å². The molecule has 0 aromatic rings. The molecule has 3 saturated carbocycles. The molecule has 7 atom stereocenters. The van der Waals surface area contributed by atoms with Crippen molar-refractivity contribution in [1.82, 2.24) is 0 Å². The molecular formula is C23H30O6. The first-order valence-electron chi connectivity index (χ1n) is 10.7. The van der Waals surface area contributed by atoms with Crippen LogP contribution in [0.2, 0.25) is 0 Å². The van der Waals surface area contributed by atoms with Gasteiger partial charge in [0.1, 0.15) is 6.10 Å². The summed E-state index contributed by atoms with van der Waals surface area (Å²) in [5, 5.41) is 0. The number of esters is 2. The molecule has 4 rings (SSSR count). The molecule has 0 radical (unpaired) electrons. The fraction of sp³-hybridized carbons (Fsp3) is 0.739. The number of ether oxygens (including phenoxy) is 2. The molecule has 6 heteroatoms. The number of rotatable bonds is 2. The highest BCUT2D eigenvalue weighted by Crippen LogP contribution is 2.63. The lowest BCUT2D eigenvalue weighted by Crippen LogP contribution is -2.53. The van der Waals surface area contributed by atoms with Crippen LogP contribution in [0.25, 0.3) is 0 Å². The molecule has 0 amide bonds. The molecule has 0 bridgehead atoms. The molecule has 0 saturated heterocycles. The van der Waals surface area contributed by atoms with Crippen LogP contribution in [0.15, 0.2) is 11.6 Å². The predicted molar refractivity (Wildman–Crippen MR) is 104 cm³/mol. The number of hydrogen-bond acceptors (Lipinski definition) is 6. The normalized spacial score (nSPS) is 43.6. The minimum absolute atomic E-state index is 0.0255. The average molecular weight is 402 g/mol. The number of Topliss-reactive ketones (excluding diaryl/α,β-unsaturated/α-hetero) is 1. The maximum Gasteiger partial charge on any atom is 0.303 e. The van der Waals surface area contributed by atoms with E-state index in [1.54, 1.807) is 6.08 Å². The van der Waals surface area contributed by atoms with Gasteiger partial charge in [-0.1, -0.05) is 19.4 Å². The second-order valence-corrected chi connectivity index (χ2v) is 9.86. The molecule has 0 N–H and O–H groups in total. The molecular weight excluding hydrogens is 372 g/mol. The summed E-state index contributed by atoms with van der Waals surface area (Å²) in [6.07, 6.45) is 5.13. The quantitative estimate of drug-likeness (QED) is 0.660. The van der Waals surface area contributed by atoms with Crippen molar-refractivity contribution in [3.63, 3.8) is 0 Å². The van der Waals surface area contributed by atoms with E-state index in [0.717, 1.165) is 31.3 Å². The summed E-state index contributed by atoms with van der Waals surface area (Å²) >= 11 is 0. The Morgan fingerprint density at radius 2 is 1.62 bits per heavy atom.